The van der Waals surface area contributed by atoms with Crippen molar-refractivity contribution >= 4 is 22.0 Å². The maximum Gasteiger partial charge on any atom is 0.123 e. The van der Waals surface area contributed by atoms with E-state index in [2.05, 4.69) is 28.9 Å². The number of benzene rings is 1. The van der Waals surface area contributed by atoms with Crippen LogP contribution in [0.1, 0.15) is 18.9 Å². The Morgan fingerprint density at radius 3 is 2.46 bits per heavy atom. The van der Waals surface area contributed by atoms with Crippen molar-refractivity contribution < 1.29 is 4.39 Å². The molecule has 1 rings (SSSR count). The smallest absolute Gasteiger partial charge is 0.123 e. The molecule has 0 nitrogen and oxygen atoms in total. The van der Waals surface area contributed by atoms with Crippen molar-refractivity contribution in [2.75, 3.05) is 5.33 Å². The van der Waals surface area contributed by atoms with E-state index in [-0.39, 0.29) is 5.82 Å². The third kappa shape index (κ3) is 3.31. The van der Waals surface area contributed by atoms with Crippen LogP contribution >= 0.6 is 15.9 Å². The van der Waals surface area contributed by atoms with Crippen molar-refractivity contribution in [1.82, 2.24) is 0 Å². The molecule has 2 heteroatoms. The summed E-state index contributed by atoms with van der Waals surface area (Å²) in [6.07, 6.45) is 3.09. The molecule has 0 atom stereocenters. The molecule has 0 heterocycles. The van der Waals surface area contributed by atoms with E-state index in [1.807, 2.05) is 0 Å². The Morgan fingerprint density at radius 1 is 1.38 bits per heavy atom. The fourth-order valence-corrected chi connectivity index (χ4v) is 1.59. The number of hydrogen-bond donors (Lipinski definition) is 0. The predicted octanol–water partition coefficient (Wildman–Crippen LogP) is 4.01. The van der Waals surface area contributed by atoms with Gasteiger partial charge in [-0.15, -0.1) is 0 Å². The highest BCUT2D eigenvalue weighted by Gasteiger charge is 1.93. The fraction of sp³-hybridized carbons (Fsp3) is 0.273. The lowest BCUT2D eigenvalue weighted by atomic mass is 10.1. The lowest BCUT2D eigenvalue weighted by Crippen LogP contribution is -1.82. The van der Waals surface area contributed by atoms with Crippen LogP contribution < -0.4 is 0 Å². The highest BCUT2D eigenvalue weighted by Crippen LogP contribution is 2.12. The summed E-state index contributed by atoms with van der Waals surface area (Å²) < 4.78 is 12.6. The number of allylic oxidation sites excluding steroid dienone is 1. The average Bonchev–Trinajstić information content (AvgIpc) is 2.17. The standard InChI is InChI=1S/C11H12BrF/c1-2-9(8-12)7-10-3-5-11(13)6-4-10/h3-7H,2,8H2,1H3. The zero-order chi connectivity index (χ0) is 9.68. The molecule has 0 saturated carbocycles. The first-order valence-electron chi connectivity index (χ1n) is 4.27. The quantitative estimate of drug-likeness (QED) is 0.703. The Bertz CT molecular complexity index is 281. The van der Waals surface area contributed by atoms with Crippen LogP contribution in [0.4, 0.5) is 4.39 Å². The molecule has 0 radical (unpaired) electrons. The van der Waals surface area contributed by atoms with Crippen molar-refractivity contribution in [3.8, 4) is 0 Å². The van der Waals surface area contributed by atoms with E-state index in [9.17, 15) is 4.39 Å². The summed E-state index contributed by atoms with van der Waals surface area (Å²) in [6, 6.07) is 6.53. The van der Waals surface area contributed by atoms with Gasteiger partial charge in [0.15, 0.2) is 0 Å². The summed E-state index contributed by atoms with van der Waals surface area (Å²) in [5.41, 5.74) is 2.37. The number of halogens is 2. The average molecular weight is 243 g/mol. The lowest BCUT2D eigenvalue weighted by Gasteiger charge is -1.99. The molecule has 0 saturated heterocycles. The zero-order valence-electron chi connectivity index (χ0n) is 7.56. The third-order valence-electron chi connectivity index (χ3n) is 1.87. The molecule has 0 amide bonds. The maximum absolute atomic E-state index is 12.6. The minimum atomic E-state index is -0.186. The SMILES string of the molecule is CCC(=Cc1ccc(F)cc1)CBr. The van der Waals surface area contributed by atoms with Gasteiger partial charge in [0.05, 0.1) is 0 Å². The molecule has 1 aromatic carbocycles. The highest BCUT2D eigenvalue weighted by molar-refractivity contribution is 9.09. The van der Waals surface area contributed by atoms with Crippen molar-refractivity contribution in [3.63, 3.8) is 0 Å². The van der Waals surface area contributed by atoms with Crippen LogP contribution in [-0.2, 0) is 0 Å². The van der Waals surface area contributed by atoms with Crippen molar-refractivity contribution in [2.45, 2.75) is 13.3 Å². The van der Waals surface area contributed by atoms with Crippen LogP contribution in [0.5, 0.6) is 0 Å². The maximum atomic E-state index is 12.6. The number of hydrogen-bond acceptors (Lipinski definition) is 0. The van der Waals surface area contributed by atoms with E-state index in [0.717, 1.165) is 17.3 Å². The zero-order valence-corrected chi connectivity index (χ0v) is 9.14. The topological polar surface area (TPSA) is 0 Å². The van der Waals surface area contributed by atoms with E-state index >= 15 is 0 Å². The van der Waals surface area contributed by atoms with E-state index in [1.54, 1.807) is 12.1 Å². The minimum absolute atomic E-state index is 0.186. The molecule has 0 spiro atoms. The summed E-state index contributed by atoms with van der Waals surface area (Å²) >= 11 is 3.41. The molecule has 0 unspecified atom stereocenters. The van der Waals surface area contributed by atoms with E-state index in [1.165, 1.54) is 17.7 Å². The van der Waals surface area contributed by atoms with Crippen molar-refractivity contribution in [1.29, 1.82) is 0 Å². The van der Waals surface area contributed by atoms with Crippen LogP contribution in [0, 0.1) is 5.82 Å². The summed E-state index contributed by atoms with van der Waals surface area (Å²) in [6.45, 7) is 2.11. The second kappa shape index (κ2) is 5.18. The second-order valence-electron chi connectivity index (χ2n) is 2.84. The monoisotopic (exact) mass is 242 g/mol. The van der Waals surface area contributed by atoms with Gasteiger partial charge in [-0.05, 0) is 24.1 Å². The van der Waals surface area contributed by atoms with E-state index in [0.29, 0.717) is 0 Å². The molecule has 70 valence electrons. The Morgan fingerprint density at radius 2 is 2.00 bits per heavy atom. The minimum Gasteiger partial charge on any atom is -0.207 e. The van der Waals surface area contributed by atoms with Gasteiger partial charge in [0.2, 0.25) is 0 Å². The molecule has 0 bridgehead atoms. The number of alkyl halides is 1. The molecule has 0 fully saturated rings. The molecule has 0 aromatic heterocycles. The Hall–Kier alpha value is -0.630. The first kappa shape index (κ1) is 10.5. The van der Waals surface area contributed by atoms with Crippen molar-refractivity contribution in [3.05, 3.63) is 41.2 Å². The number of rotatable bonds is 3. The first-order valence-corrected chi connectivity index (χ1v) is 5.39. The lowest BCUT2D eigenvalue weighted by molar-refractivity contribution is 0.628. The molecular weight excluding hydrogens is 231 g/mol. The first-order chi connectivity index (χ1) is 6.26. The van der Waals surface area contributed by atoms with Crippen LogP contribution in [0.15, 0.2) is 29.8 Å². The summed E-state index contributed by atoms with van der Waals surface area (Å²) in [5, 5.41) is 0.876. The molecule has 0 aliphatic heterocycles. The molecule has 0 N–H and O–H groups in total. The van der Waals surface area contributed by atoms with E-state index in [4.69, 9.17) is 0 Å². The van der Waals surface area contributed by atoms with Crippen LogP contribution in [-0.4, -0.2) is 5.33 Å². The Kier molecular flexibility index (Phi) is 4.16. The van der Waals surface area contributed by atoms with Crippen LogP contribution in [0.3, 0.4) is 0 Å². The van der Waals surface area contributed by atoms with Gasteiger partial charge >= 0.3 is 0 Å². The normalized spacial score (nSPS) is 11.8. The van der Waals surface area contributed by atoms with Gasteiger partial charge in [-0.3, -0.25) is 0 Å². The predicted molar refractivity (Wildman–Crippen MR) is 58.5 cm³/mol. The molecule has 1 aromatic rings. The molecular formula is C11H12BrF. The summed E-state index contributed by atoms with van der Waals surface area (Å²) in [7, 11) is 0. The largest absolute Gasteiger partial charge is 0.207 e. The summed E-state index contributed by atoms with van der Waals surface area (Å²) in [4.78, 5) is 0. The van der Waals surface area contributed by atoms with Gasteiger partial charge in [0.25, 0.3) is 0 Å². The Balaban J connectivity index is 2.84. The van der Waals surface area contributed by atoms with Gasteiger partial charge < -0.3 is 0 Å². The Labute approximate surface area is 86.6 Å². The second-order valence-corrected chi connectivity index (χ2v) is 3.40. The van der Waals surface area contributed by atoms with Crippen LogP contribution in [0.25, 0.3) is 6.08 Å². The highest BCUT2D eigenvalue weighted by atomic mass is 79.9. The van der Waals surface area contributed by atoms with Gasteiger partial charge in [0, 0.05) is 5.33 Å². The molecule has 13 heavy (non-hydrogen) atoms. The van der Waals surface area contributed by atoms with Gasteiger partial charge in [-0.1, -0.05) is 46.6 Å². The molecule has 0 aliphatic carbocycles. The van der Waals surface area contributed by atoms with Gasteiger partial charge in [-0.25, -0.2) is 4.39 Å². The van der Waals surface area contributed by atoms with Crippen LogP contribution in [0.2, 0.25) is 0 Å². The third-order valence-corrected chi connectivity index (χ3v) is 2.59. The van der Waals surface area contributed by atoms with E-state index < -0.39 is 0 Å². The van der Waals surface area contributed by atoms with Gasteiger partial charge in [-0.2, -0.15) is 0 Å². The summed E-state index contributed by atoms with van der Waals surface area (Å²) in [5.74, 6) is -0.186. The fourth-order valence-electron chi connectivity index (χ4n) is 1.03. The molecule has 0 aliphatic rings. The van der Waals surface area contributed by atoms with Crippen molar-refractivity contribution in [2.24, 2.45) is 0 Å². The van der Waals surface area contributed by atoms with Gasteiger partial charge in [0.1, 0.15) is 5.82 Å².